The largest absolute Gasteiger partial charge is 0.497 e. The van der Waals surface area contributed by atoms with Crippen LogP contribution in [0.4, 0.5) is 14.5 Å². The minimum absolute atomic E-state index is 0.0164. The van der Waals surface area contributed by atoms with Crippen molar-refractivity contribution in [2.45, 2.75) is 25.4 Å². The van der Waals surface area contributed by atoms with Crippen LogP contribution in [0.1, 0.15) is 19.3 Å². The Morgan fingerprint density at radius 3 is 2.42 bits per heavy atom. The quantitative estimate of drug-likeness (QED) is 0.730. The smallest absolute Gasteiger partial charge is 0.228 e. The van der Waals surface area contributed by atoms with Crippen LogP contribution in [0.3, 0.4) is 0 Å². The molecule has 31 heavy (non-hydrogen) atoms. The summed E-state index contributed by atoms with van der Waals surface area (Å²) in [5.74, 6) is -1.18. The highest BCUT2D eigenvalue weighted by Crippen LogP contribution is 2.29. The fourth-order valence-corrected chi connectivity index (χ4v) is 4.09. The first-order valence-corrected chi connectivity index (χ1v) is 10.3. The molecule has 2 heterocycles. The van der Waals surface area contributed by atoms with Crippen molar-refractivity contribution in [3.63, 3.8) is 0 Å². The van der Waals surface area contributed by atoms with Gasteiger partial charge in [0.05, 0.1) is 13.0 Å². The van der Waals surface area contributed by atoms with Crippen molar-refractivity contribution in [3.8, 4) is 11.5 Å². The molecule has 0 saturated carbocycles. The van der Waals surface area contributed by atoms with E-state index in [0.29, 0.717) is 38.2 Å². The van der Waals surface area contributed by atoms with Gasteiger partial charge >= 0.3 is 0 Å². The van der Waals surface area contributed by atoms with Gasteiger partial charge in [0.25, 0.3) is 0 Å². The van der Waals surface area contributed by atoms with Gasteiger partial charge in [0, 0.05) is 50.7 Å². The van der Waals surface area contributed by atoms with Crippen LogP contribution in [0.25, 0.3) is 0 Å². The maximum Gasteiger partial charge on any atom is 0.228 e. The molecule has 2 amide bonds. The van der Waals surface area contributed by atoms with Crippen molar-refractivity contribution >= 4 is 17.5 Å². The van der Waals surface area contributed by atoms with Crippen LogP contribution >= 0.6 is 0 Å². The molecule has 2 aliphatic rings. The van der Waals surface area contributed by atoms with Gasteiger partial charge in [0.15, 0.2) is 11.6 Å². The van der Waals surface area contributed by atoms with Crippen molar-refractivity contribution in [1.82, 2.24) is 4.90 Å². The number of halogens is 2. The summed E-state index contributed by atoms with van der Waals surface area (Å²) in [7, 11) is 1.58. The predicted octanol–water partition coefficient (Wildman–Crippen LogP) is 3.40. The van der Waals surface area contributed by atoms with Gasteiger partial charge < -0.3 is 19.3 Å². The number of carbonyl (C=O) groups excluding carboxylic acids is 2. The van der Waals surface area contributed by atoms with E-state index in [9.17, 15) is 18.4 Å². The summed E-state index contributed by atoms with van der Waals surface area (Å²) in [6, 6.07) is 10.4. The Kier molecular flexibility index (Phi) is 6.06. The van der Waals surface area contributed by atoms with E-state index in [1.54, 1.807) is 41.2 Å². The number of benzene rings is 2. The molecular weight excluding hydrogens is 406 g/mol. The van der Waals surface area contributed by atoms with Crippen LogP contribution in [0.5, 0.6) is 11.5 Å². The van der Waals surface area contributed by atoms with Gasteiger partial charge in [-0.15, -0.1) is 0 Å². The maximum atomic E-state index is 13.8. The fraction of sp³-hybridized carbons (Fsp3) is 0.391. The number of amides is 2. The molecule has 2 aromatic rings. The Labute approximate surface area is 179 Å². The van der Waals surface area contributed by atoms with Gasteiger partial charge in [-0.05, 0) is 36.4 Å². The first kappa shape index (κ1) is 21.1. The number of hydrogen-bond acceptors (Lipinski definition) is 4. The van der Waals surface area contributed by atoms with Crippen molar-refractivity contribution in [2.24, 2.45) is 5.92 Å². The molecule has 2 fully saturated rings. The molecule has 0 bridgehead atoms. The van der Waals surface area contributed by atoms with Crippen LogP contribution < -0.4 is 14.4 Å². The van der Waals surface area contributed by atoms with E-state index in [1.807, 2.05) is 0 Å². The van der Waals surface area contributed by atoms with Gasteiger partial charge in [-0.2, -0.15) is 0 Å². The number of likely N-dealkylation sites (tertiary alicyclic amines) is 1. The van der Waals surface area contributed by atoms with Gasteiger partial charge in [0.2, 0.25) is 11.8 Å². The lowest BCUT2D eigenvalue weighted by Crippen LogP contribution is -2.45. The van der Waals surface area contributed by atoms with Crippen LogP contribution in [-0.2, 0) is 9.59 Å². The van der Waals surface area contributed by atoms with Crippen LogP contribution in [-0.4, -0.2) is 49.6 Å². The summed E-state index contributed by atoms with van der Waals surface area (Å²) in [4.78, 5) is 28.8. The molecule has 0 aromatic heterocycles. The highest BCUT2D eigenvalue weighted by molar-refractivity contribution is 6.00. The molecule has 2 aromatic carbocycles. The number of nitrogens with zero attached hydrogens (tertiary/aromatic N) is 2. The molecule has 0 spiro atoms. The zero-order valence-corrected chi connectivity index (χ0v) is 17.2. The molecule has 2 saturated heterocycles. The highest BCUT2D eigenvalue weighted by Gasteiger charge is 2.38. The summed E-state index contributed by atoms with van der Waals surface area (Å²) in [5, 5.41) is 0. The minimum Gasteiger partial charge on any atom is -0.497 e. The second-order valence-corrected chi connectivity index (χ2v) is 7.82. The number of carbonyl (C=O) groups is 2. The number of piperidine rings is 1. The minimum atomic E-state index is -0.735. The molecule has 0 aliphatic carbocycles. The molecule has 4 rings (SSSR count). The van der Waals surface area contributed by atoms with Crippen molar-refractivity contribution in [2.75, 3.05) is 31.6 Å². The number of anilines is 1. The summed E-state index contributed by atoms with van der Waals surface area (Å²) in [6.07, 6.45) is 1.03. The Morgan fingerprint density at radius 1 is 1.06 bits per heavy atom. The van der Waals surface area contributed by atoms with Crippen molar-refractivity contribution in [1.29, 1.82) is 0 Å². The van der Waals surface area contributed by atoms with E-state index in [-0.39, 0.29) is 36.0 Å². The molecule has 2 aliphatic heterocycles. The second kappa shape index (κ2) is 8.91. The Morgan fingerprint density at radius 2 is 1.77 bits per heavy atom. The number of rotatable bonds is 5. The average Bonchev–Trinajstić information content (AvgIpc) is 3.17. The molecule has 1 atom stereocenters. The second-order valence-electron chi connectivity index (χ2n) is 7.82. The summed E-state index contributed by atoms with van der Waals surface area (Å²) >= 11 is 0. The number of ether oxygens (including phenoxy) is 2. The SMILES string of the molecule is COc1ccc(N2CC(C(=O)N3CCC(Oc4ccc(F)cc4F)CC3)CC2=O)cc1. The van der Waals surface area contributed by atoms with E-state index < -0.39 is 11.6 Å². The summed E-state index contributed by atoms with van der Waals surface area (Å²) in [6.45, 7) is 1.29. The van der Waals surface area contributed by atoms with E-state index in [2.05, 4.69) is 0 Å². The number of hydrogen-bond donors (Lipinski definition) is 0. The predicted molar refractivity (Wildman–Crippen MR) is 110 cm³/mol. The average molecular weight is 430 g/mol. The summed E-state index contributed by atoms with van der Waals surface area (Å²) in [5.41, 5.74) is 0.745. The third-order valence-electron chi connectivity index (χ3n) is 5.80. The fourth-order valence-electron chi connectivity index (χ4n) is 4.09. The van der Waals surface area contributed by atoms with Crippen LogP contribution in [0.2, 0.25) is 0 Å². The maximum absolute atomic E-state index is 13.8. The third kappa shape index (κ3) is 4.62. The Bertz CT molecular complexity index is 959. The highest BCUT2D eigenvalue weighted by atomic mass is 19.1. The van der Waals surface area contributed by atoms with Crippen LogP contribution in [0.15, 0.2) is 42.5 Å². The van der Waals surface area contributed by atoms with E-state index >= 15 is 0 Å². The molecule has 164 valence electrons. The normalized spacial score (nSPS) is 19.6. The summed E-state index contributed by atoms with van der Waals surface area (Å²) < 4.78 is 37.6. The van der Waals surface area contributed by atoms with Gasteiger partial charge in [-0.1, -0.05) is 0 Å². The zero-order chi connectivity index (χ0) is 22.0. The monoisotopic (exact) mass is 430 g/mol. The van der Waals surface area contributed by atoms with Crippen molar-refractivity contribution in [3.05, 3.63) is 54.1 Å². The van der Waals surface area contributed by atoms with Crippen molar-refractivity contribution < 1.29 is 27.8 Å². The molecule has 0 radical (unpaired) electrons. The molecule has 6 nitrogen and oxygen atoms in total. The first-order chi connectivity index (χ1) is 14.9. The standard InChI is InChI=1S/C23H24F2N2O4/c1-30-18-5-3-17(4-6-18)27-14-15(12-22(27)28)23(29)26-10-8-19(9-11-26)31-21-7-2-16(24)13-20(21)25/h2-7,13,15,19H,8-12,14H2,1H3. The number of methoxy groups -OCH3 is 1. The van der Waals surface area contributed by atoms with Gasteiger partial charge in [0.1, 0.15) is 17.7 Å². The Balaban J connectivity index is 1.31. The lowest BCUT2D eigenvalue weighted by molar-refractivity contribution is -0.137. The van der Waals surface area contributed by atoms with E-state index in [1.165, 1.54) is 6.07 Å². The topological polar surface area (TPSA) is 59.1 Å². The lowest BCUT2D eigenvalue weighted by atomic mass is 10.0. The van der Waals surface area contributed by atoms with Gasteiger partial charge in [-0.25, -0.2) is 8.78 Å². The Hall–Kier alpha value is -3.16. The molecule has 0 N–H and O–H groups in total. The molecular formula is C23H24F2N2O4. The third-order valence-corrected chi connectivity index (χ3v) is 5.80. The van der Waals surface area contributed by atoms with E-state index in [0.717, 1.165) is 17.8 Å². The lowest BCUT2D eigenvalue weighted by Gasteiger charge is -2.33. The zero-order valence-electron chi connectivity index (χ0n) is 17.2. The molecule has 1 unspecified atom stereocenters. The van der Waals surface area contributed by atoms with E-state index in [4.69, 9.17) is 9.47 Å². The molecule has 8 heteroatoms. The first-order valence-electron chi connectivity index (χ1n) is 10.3. The van der Waals surface area contributed by atoms with Crippen LogP contribution in [0, 0.1) is 17.6 Å². The van der Waals surface area contributed by atoms with Gasteiger partial charge in [-0.3, -0.25) is 9.59 Å².